The van der Waals surface area contributed by atoms with E-state index >= 15 is 0 Å². The number of hydrogen-bond donors (Lipinski definition) is 0. The third-order valence-corrected chi connectivity index (χ3v) is 7.60. The van der Waals surface area contributed by atoms with Crippen molar-refractivity contribution >= 4 is 40.8 Å². The van der Waals surface area contributed by atoms with Crippen molar-refractivity contribution in [2.45, 2.75) is 28.4 Å². The van der Waals surface area contributed by atoms with Crippen molar-refractivity contribution in [3.63, 3.8) is 0 Å². The Bertz CT molecular complexity index is 1290. The number of aryl methyl sites for hydroxylation is 1. The number of nitrogens with zero attached hydrogens (tertiary/aromatic N) is 4. The maximum Gasteiger partial charge on any atom is 0.242 e. The summed E-state index contributed by atoms with van der Waals surface area (Å²) in [4.78, 5) is 17.5. The number of carbonyl (C=O) groups excluding carboxylic acids is 1. The Hall–Kier alpha value is -3.07. The summed E-state index contributed by atoms with van der Waals surface area (Å²) < 4.78 is 7.35. The smallest absolute Gasteiger partial charge is 0.242 e. The standard InChI is InChI=1S/C26H24N4O2S2/c1-18-8-7-9-19(16-18)25-27-28-26(29(25)14-15-32-2)33-17-24(31)30-20-10-3-5-12-22(20)34-23-13-6-4-11-21(23)30/h3-13,16H,14-15,17H2,1-2H3. The van der Waals surface area contributed by atoms with Crippen LogP contribution in [0.3, 0.4) is 0 Å². The molecule has 0 saturated heterocycles. The number of methoxy groups -OCH3 is 1. The molecule has 1 amide bonds. The highest BCUT2D eigenvalue weighted by molar-refractivity contribution is 8.00. The van der Waals surface area contributed by atoms with Crippen LogP contribution in [-0.4, -0.2) is 40.1 Å². The van der Waals surface area contributed by atoms with Crippen LogP contribution in [0.4, 0.5) is 11.4 Å². The molecule has 1 aromatic heterocycles. The average Bonchev–Trinajstić information content (AvgIpc) is 3.27. The van der Waals surface area contributed by atoms with E-state index in [1.807, 2.05) is 58.0 Å². The van der Waals surface area contributed by atoms with E-state index in [1.165, 1.54) is 11.8 Å². The van der Waals surface area contributed by atoms with Gasteiger partial charge < -0.3 is 4.74 Å². The highest BCUT2D eigenvalue weighted by Gasteiger charge is 2.28. The zero-order valence-corrected chi connectivity index (χ0v) is 20.6. The maximum absolute atomic E-state index is 13.6. The summed E-state index contributed by atoms with van der Waals surface area (Å²) in [7, 11) is 1.68. The number of anilines is 2. The number of fused-ring (bicyclic) bond motifs is 2. The summed E-state index contributed by atoms with van der Waals surface area (Å²) in [6.07, 6.45) is 0. The Labute approximate surface area is 207 Å². The molecule has 1 aliphatic heterocycles. The number of hydrogen-bond acceptors (Lipinski definition) is 6. The molecule has 1 aliphatic rings. The summed E-state index contributed by atoms with van der Waals surface area (Å²) in [5.74, 6) is 1.02. The maximum atomic E-state index is 13.6. The highest BCUT2D eigenvalue weighted by atomic mass is 32.2. The summed E-state index contributed by atoms with van der Waals surface area (Å²) in [6, 6.07) is 24.2. The second kappa shape index (κ2) is 10.0. The SMILES string of the molecule is COCCn1c(SCC(=O)N2c3ccccc3Sc3ccccc32)nnc1-c1cccc(C)c1. The normalized spacial score (nSPS) is 12.4. The van der Waals surface area contributed by atoms with Crippen molar-refractivity contribution in [3.05, 3.63) is 78.4 Å². The van der Waals surface area contributed by atoms with E-state index in [1.54, 1.807) is 18.9 Å². The second-order valence-electron chi connectivity index (χ2n) is 7.88. The van der Waals surface area contributed by atoms with E-state index in [0.29, 0.717) is 18.3 Å². The van der Waals surface area contributed by atoms with Crippen molar-refractivity contribution in [2.24, 2.45) is 0 Å². The Morgan fingerprint density at radius 1 is 0.971 bits per heavy atom. The van der Waals surface area contributed by atoms with Crippen LogP contribution in [0.5, 0.6) is 0 Å². The lowest BCUT2D eigenvalue weighted by atomic mass is 10.1. The lowest BCUT2D eigenvalue weighted by Gasteiger charge is -2.30. The van der Waals surface area contributed by atoms with Gasteiger partial charge in [-0.2, -0.15) is 0 Å². The predicted octanol–water partition coefficient (Wildman–Crippen LogP) is 5.82. The van der Waals surface area contributed by atoms with Crippen molar-refractivity contribution in [1.82, 2.24) is 14.8 Å². The van der Waals surface area contributed by atoms with Gasteiger partial charge in [0.25, 0.3) is 0 Å². The quantitative estimate of drug-likeness (QED) is 0.306. The van der Waals surface area contributed by atoms with Gasteiger partial charge in [0.2, 0.25) is 5.91 Å². The topological polar surface area (TPSA) is 60.2 Å². The number of carbonyl (C=O) groups is 1. The van der Waals surface area contributed by atoms with Gasteiger partial charge in [0.05, 0.1) is 30.3 Å². The molecule has 0 fully saturated rings. The highest BCUT2D eigenvalue weighted by Crippen LogP contribution is 2.48. The zero-order chi connectivity index (χ0) is 23.5. The molecule has 0 unspecified atom stereocenters. The molecule has 0 radical (unpaired) electrons. The van der Waals surface area contributed by atoms with Gasteiger partial charge >= 0.3 is 0 Å². The first kappa shape index (κ1) is 22.7. The Morgan fingerprint density at radius 2 is 1.68 bits per heavy atom. The molecular formula is C26H24N4O2S2. The summed E-state index contributed by atoms with van der Waals surface area (Å²) in [6.45, 7) is 3.19. The van der Waals surface area contributed by atoms with Gasteiger partial charge in [0, 0.05) is 22.5 Å². The lowest BCUT2D eigenvalue weighted by molar-refractivity contribution is -0.115. The molecular weight excluding hydrogens is 464 g/mol. The van der Waals surface area contributed by atoms with Gasteiger partial charge in [-0.15, -0.1) is 10.2 Å². The molecule has 8 heteroatoms. The molecule has 0 saturated carbocycles. The molecule has 0 bridgehead atoms. The van der Waals surface area contributed by atoms with Gasteiger partial charge in [-0.25, -0.2) is 0 Å². The van der Waals surface area contributed by atoms with Crippen LogP contribution in [0.2, 0.25) is 0 Å². The minimum absolute atomic E-state index is 0.00333. The van der Waals surface area contributed by atoms with E-state index in [0.717, 1.165) is 38.1 Å². The first-order valence-corrected chi connectivity index (χ1v) is 12.8. The molecule has 6 nitrogen and oxygen atoms in total. The molecule has 2 heterocycles. The first-order chi connectivity index (χ1) is 16.7. The molecule has 0 spiro atoms. The molecule has 0 atom stereocenters. The van der Waals surface area contributed by atoms with Crippen molar-refractivity contribution in [3.8, 4) is 11.4 Å². The number of amides is 1. The van der Waals surface area contributed by atoms with E-state index in [-0.39, 0.29) is 11.7 Å². The van der Waals surface area contributed by atoms with Gasteiger partial charge in [-0.1, -0.05) is 71.6 Å². The van der Waals surface area contributed by atoms with E-state index in [2.05, 4.69) is 41.4 Å². The second-order valence-corrected chi connectivity index (χ2v) is 9.90. The third kappa shape index (κ3) is 4.49. The fourth-order valence-electron chi connectivity index (χ4n) is 3.94. The van der Waals surface area contributed by atoms with Crippen molar-refractivity contribution in [2.75, 3.05) is 24.4 Å². The van der Waals surface area contributed by atoms with Gasteiger partial charge in [0.1, 0.15) is 0 Å². The van der Waals surface area contributed by atoms with Crippen LogP contribution in [-0.2, 0) is 16.1 Å². The van der Waals surface area contributed by atoms with E-state index < -0.39 is 0 Å². The number of benzene rings is 3. The largest absolute Gasteiger partial charge is 0.383 e. The lowest BCUT2D eigenvalue weighted by Crippen LogP contribution is -2.30. The number of aromatic nitrogens is 3. The monoisotopic (exact) mass is 488 g/mol. The van der Waals surface area contributed by atoms with Gasteiger partial charge in [-0.3, -0.25) is 14.3 Å². The van der Waals surface area contributed by atoms with Crippen LogP contribution in [0.15, 0.2) is 87.7 Å². The van der Waals surface area contributed by atoms with Crippen molar-refractivity contribution < 1.29 is 9.53 Å². The van der Waals surface area contributed by atoms with E-state index in [9.17, 15) is 4.79 Å². The van der Waals surface area contributed by atoms with Crippen molar-refractivity contribution in [1.29, 1.82) is 0 Å². The van der Waals surface area contributed by atoms with Gasteiger partial charge in [-0.05, 0) is 37.3 Å². The van der Waals surface area contributed by atoms with E-state index in [4.69, 9.17) is 4.74 Å². The Kier molecular flexibility index (Phi) is 6.71. The molecule has 34 heavy (non-hydrogen) atoms. The molecule has 4 aromatic rings. The fourth-order valence-corrected chi connectivity index (χ4v) is 5.81. The summed E-state index contributed by atoms with van der Waals surface area (Å²) in [5.41, 5.74) is 3.98. The number of para-hydroxylation sites is 2. The first-order valence-electron chi connectivity index (χ1n) is 11.0. The fraction of sp³-hybridized carbons (Fsp3) is 0.192. The number of ether oxygens (including phenoxy) is 1. The predicted molar refractivity (Wildman–Crippen MR) is 137 cm³/mol. The van der Waals surface area contributed by atoms with Gasteiger partial charge in [0.15, 0.2) is 11.0 Å². The molecule has 3 aromatic carbocycles. The Balaban J connectivity index is 1.42. The Morgan fingerprint density at radius 3 is 2.35 bits per heavy atom. The molecule has 5 rings (SSSR count). The molecule has 172 valence electrons. The van der Waals surface area contributed by atoms with Crippen LogP contribution >= 0.6 is 23.5 Å². The molecule has 0 aliphatic carbocycles. The average molecular weight is 489 g/mol. The zero-order valence-electron chi connectivity index (χ0n) is 19.0. The summed E-state index contributed by atoms with van der Waals surface area (Å²) >= 11 is 3.09. The number of thioether (sulfide) groups is 1. The van der Waals surface area contributed by atoms with Crippen LogP contribution in [0, 0.1) is 6.92 Å². The minimum Gasteiger partial charge on any atom is -0.383 e. The van der Waals surface area contributed by atoms with Crippen LogP contribution in [0.25, 0.3) is 11.4 Å². The third-order valence-electron chi connectivity index (χ3n) is 5.52. The summed E-state index contributed by atoms with van der Waals surface area (Å²) in [5, 5.41) is 9.58. The molecule has 0 N–H and O–H groups in total. The number of rotatable bonds is 7. The minimum atomic E-state index is 0.00333. The van der Waals surface area contributed by atoms with Crippen LogP contribution < -0.4 is 4.90 Å². The van der Waals surface area contributed by atoms with Crippen LogP contribution in [0.1, 0.15) is 5.56 Å².